The lowest BCUT2D eigenvalue weighted by Gasteiger charge is -2.27. The Hall–Kier alpha value is -3.43. The van der Waals surface area contributed by atoms with Crippen molar-refractivity contribution >= 4 is 23.3 Å². The first-order valence-electron chi connectivity index (χ1n) is 10.7. The molecule has 4 rings (SSSR count). The number of benzene rings is 1. The monoisotopic (exact) mass is 445 g/mol. The van der Waals surface area contributed by atoms with Crippen LogP contribution in [-0.4, -0.2) is 38.8 Å². The summed E-state index contributed by atoms with van der Waals surface area (Å²) in [6.45, 7) is 3.55. The molecule has 3 heterocycles. The molecule has 0 saturated carbocycles. The number of likely N-dealkylation sites (tertiary alicyclic amines) is 1. The maximum Gasteiger partial charge on any atom is 0.255 e. The fraction of sp³-hybridized carbons (Fsp3) is 0.280. The highest BCUT2D eigenvalue weighted by molar-refractivity contribution is 6.34. The molecule has 1 aliphatic heterocycles. The van der Waals surface area contributed by atoms with Gasteiger partial charge in [-0.2, -0.15) is 0 Å². The number of nitrogens with zero attached hydrogens (tertiary/aromatic N) is 4. The first-order chi connectivity index (χ1) is 15.6. The van der Waals surface area contributed by atoms with Gasteiger partial charge in [-0.15, -0.1) is 0 Å². The van der Waals surface area contributed by atoms with Gasteiger partial charge in [0.1, 0.15) is 12.1 Å². The van der Waals surface area contributed by atoms with Crippen LogP contribution in [0.5, 0.6) is 0 Å². The number of rotatable bonds is 3. The minimum absolute atomic E-state index is 0.0399. The fourth-order valence-electron chi connectivity index (χ4n) is 3.76. The van der Waals surface area contributed by atoms with E-state index in [1.54, 1.807) is 18.3 Å². The van der Waals surface area contributed by atoms with E-state index in [1.807, 2.05) is 30.0 Å². The molecular formula is C25H24ClN5O. The zero-order chi connectivity index (χ0) is 22.5. The number of pyridine rings is 1. The second-order valence-corrected chi connectivity index (χ2v) is 8.07. The molecule has 0 radical (unpaired) electrons. The van der Waals surface area contributed by atoms with Crippen LogP contribution in [0.4, 0.5) is 5.82 Å². The average Bonchev–Trinajstić information content (AvgIpc) is 2.84. The van der Waals surface area contributed by atoms with Gasteiger partial charge >= 0.3 is 0 Å². The summed E-state index contributed by atoms with van der Waals surface area (Å²) in [7, 11) is 0. The van der Waals surface area contributed by atoms with Crippen molar-refractivity contribution in [2.45, 2.75) is 32.6 Å². The smallest absolute Gasteiger partial charge is 0.255 e. The van der Waals surface area contributed by atoms with Crippen LogP contribution in [0.25, 0.3) is 11.3 Å². The van der Waals surface area contributed by atoms with Crippen molar-refractivity contribution in [2.24, 2.45) is 0 Å². The van der Waals surface area contributed by atoms with Crippen molar-refractivity contribution in [2.75, 3.05) is 18.8 Å². The van der Waals surface area contributed by atoms with Crippen LogP contribution >= 0.6 is 11.6 Å². The number of nitrogen functional groups attached to an aromatic ring is 1. The Labute approximate surface area is 192 Å². The normalized spacial score (nSPS) is 13.4. The molecule has 1 saturated heterocycles. The minimum Gasteiger partial charge on any atom is -0.384 e. The number of piperidine rings is 1. The molecule has 1 amide bonds. The second-order valence-electron chi connectivity index (χ2n) is 7.67. The van der Waals surface area contributed by atoms with Crippen molar-refractivity contribution in [3.05, 3.63) is 70.3 Å². The Balaban J connectivity index is 1.75. The summed E-state index contributed by atoms with van der Waals surface area (Å²) in [6.07, 6.45) is 7.07. The van der Waals surface area contributed by atoms with Crippen molar-refractivity contribution in [3.8, 4) is 23.1 Å². The number of nitrogens with two attached hydrogens (primary N) is 1. The van der Waals surface area contributed by atoms with E-state index in [2.05, 4.69) is 26.8 Å². The van der Waals surface area contributed by atoms with Crippen LogP contribution < -0.4 is 5.73 Å². The van der Waals surface area contributed by atoms with Gasteiger partial charge in [0.2, 0.25) is 0 Å². The van der Waals surface area contributed by atoms with Crippen molar-refractivity contribution in [1.29, 1.82) is 0 Å². The third kappa shape index (κ3) is 4.74. The van der Waals surface area contributed by atoms with E-state index in [9.17, 15) is 4.79 Å². The molecule has 3 aromatic rings. The molecule has 0 bridgehead atoms. The molecule has 1 aromatic carbocycles. The summed E-state index contributed by atoms with van der Waals surface area (Å²) in [5.41, 5.74) is 9.92. The summed E-state index contributed by atoms with van der Waals surface area (Å²) in [5.74, 6) is 6.74. The molecule has 2 N–H and O–H groups in total. The van der Waals surface area contributed by atoms with E-state index in [4.69, 9.17) is 17.3 Å². The first-order valence-corrected chi connectivity index (χ1v) is 11.1. The minimum atomic E-state index is -0.0399. The molecular weight excluding hydrogens is 422 g/mol. The lowest BCUT2D eigenvalue weighted by Crippen LogP contribution is -2.35. The van der Waals surface area contributed by atoms with E-state index in [0.29, 0.717) is 28.5 Å². The van der Waals surface area contributed by atoms with Crippen LogP contribution in [0.2, 0.25) is 5.02 Å². The number of carbonyl (C=O) groups is 1. The molecule has 7 heteroatoms. The van der Waals surface area contributed by atoms with E-state index < -0.39 is 0 Å². The number of carbonyl (C=O) groups excluding carboxylic acids is 1. The highest BCUT2D eigenvalue weighted by Gasteiger charge is 2.22. The Morgan fingerprint density at radius 3 is 2.62 bits per heavy atom. The van der Waals surface area contributed by atoms with Gasteiger partial charge in [-0.25, -0.2) is 15.0 Å². The lowest BCUT2D eigenvalue weighted by molar-refractivity contribution is 0.0724. The van der Waals surface area contributed by atoms with Crippen LogP contribution in [0.1, 0.15) is 53.4 Å². The Morgan fingerprint density at radius 2 is 1.91 bits per heavy atom. The number of aryl methyl sites for hydroxylation is 1. The molecule has 0 unspecified atom stereocenters. The average molecular weight is 446 g/mol. The number of halogens is 1. The fourth-order valence-corrected chi connectivity index (χ4v) is 3.96. The molecule has 32 heavy (non-hydrogen) atoms. The number of hydrogen-bond acceptors (Lipinski definition) is 5. The summed E-state index contributed by atoms with van der Waals surface area (Å²) < 4.78 is 0. The standard InChI is InChI=1S/C25H24ClN5O/c1-2-22-19(9-6-17-7-11-23(27)28-15-17)24(30-16-29-22)18-8-10-21(26)20(14-18)25(32)31-12-4-3-5-13-31/h7-8,10-11,14-16H,2-5,12-13H2,1H3,(H2,27,28). The van der Waals surface area contributed by atoms with E-state index in [1.165, 1.54) is 6.33 Å². The summed E-state index contributed by atoms with van der Waals surface area (Å²) in [4.78, 5) is 28.0. The van der Waals surface area contributed by atoms with Crippen molar-refractivity contribution in [3.63, 3.8) is 0 Å². The van der Waals surface area contributed by atoms with Gasteiger partial charge < -0.3 is 10.6 Å². The molecule has 0 atom stereocenters. The SMILES string of the molecule is CCc1ncnc(-c2ccc(Cl)c(C(=O)N3CCCCC3)c2)c1C#Cc1ccc(N)nc1. The predicted octanol–water partition coefficient (Wildman–Crippen LogP) is 4.36. The van der Waals surface area contributed by atoms with E-state index in [-0.39, 0.29) is 5.91 Å². The summed E-state index contributed by atoms with van der Waals surface area (Å²) in [6, 6.07) is 8.97. The molecule has 1 aliphatic rings. The highest BCUT2D eigenvalue weighted by atomic mass is 35.5. The van der Waals surface area contributed by atoms with Gasteiger partial charge in [-0.1, -0.05) is 36.4 Å². The summed E-state index contributed by atoms with van der Waals surface area (Å²) >= 11 is 6.42. The van der Waals surface area contributed by atoms with Gasteiger partial charge in [-0.05, 0) is 49.9 Å². The predicted molar refractivity (Wildman–Crippen MR) is 126 cm³/mol. The van der Waals surface area contributed by atoms with Crippen LogP contribution in [0, 0.1) is 11.8 Å². The lowest BCUT2D eigenvalue weighted by atomic mass is 10.0. The molecule has 0 spiro atoms. The van der Waals surface area contributed by atoms with Gasteiger partial charge in [0.05, 0.1) is 27.5 Å². The Bertz CT molecular complexity index is 1190. The third-order valence-electron chi connectivity index (χ3n) is 5.49. The van der Waals surface area contributed by atoms with Gasteiger partial charge in [0, 0.05) is 30.4 Å². The number of amides is 1. The zero-order valence-corrected chi connectivity index (χ0v) is 18.7. The highest BCUT2D eigenvalue weighted by Crippen LogP contribution is 2.28. The maximum absolute atomic E-state index is 13.1. The topological polar surface area (TPSA) is 85.0 Å². The molecule has 1 fully saturated rings. The molecule has 0 aliphatic carbocycles. The number of aromatic nitrogens is 3. The number of hydrogen-bond donors (Lipinski definition) is 1. The van der Waals surface area contributed by atoms with Crippen LogP contribution in [-0.2, 0) is 6.42 Å². The van der Waals surface area contributed by atoms with Gasteiger partial charge in [-0.3, -0.25) is 4.79 Å². The Morgan fingerprint density at radius 1 is 1.09 bits per heavy atom. The second kappa shape index (κ2) is 9.80. The summed E-state index contributed by atoms with van der Waals surface area (Å²) in [5, 5.41) is 0.440. The van der Waals surface area contributed by atoms with Crippen LogP contribution in [0.15, 0.2) is 42.9 Å². The third-order valence-corrected chi connectivity index (χ3v) is 5.82. The van der Waals surface area contributed by atoms with Gasteiger partial charge in [0.25, 0.3) is 5.91 Å². The molecule has 6 nitrogen and oxygen atoms in total. The number of anilines is 1. The largest absolute Gasteiger partial charge is 0.384 e. The quantitative estimate of drug-likeness (QED) is 0.605. The Kier molecular flexibility index (Phi) is 6.67. The molecule has 162 valence electrons. The van der Waals surface area contributed by atoms with Crippen molar-refractivity contribution < 1.29 is 4.79 Å². The van der Waals surface area contributed by atoms with Gasteiger partial charge in [0.15, 0.2) is 0 Å². The maximum atomic E-state index is 13.1. The van der Waals surface area contributed by atoms with Crippen LogP contribution in [0.3, 0.4) is 0 Å². The van der Waals surface area contributed by atoms with E-state index >= 15 is 0 Å². The first kappa shape index (κ1) is 21.8. The zero-order valence-electron chi connectivity index (χ0n) is 17.9. The van der Waals surface area contributed by atoms with E-state index in [0.717, 1.165) is 54.7 Å². The molecule has 2 aromatic heterocycles. The van der Waals surface area contributed by atoms with Crippen molar-refractivity contribution in [1.82, 2.24) is 19.9 Å².